The lowest BCUT2D eigenvalue weighted by atomic mass is 9.80. The Morgan fingerprint density at radius 3 is 2.45 bits per heavy atom. The Morgan fingerprint density at radius 1 is 1.07 bits per heavy atom. The molecule has 0 spiro atoms. The number of hydrogen-bond acceptors (Lipinski definition) is 4. The molecule has 0 aromatic heterocycles. The van der Waals surface area contributed by atoms with Gasteiger partial charge < -0.3 is 4.74 Å². The summed E-state index contributed by atoms with van der Waals surface area (Å²) >= 11 is 0. The molecule has 2 aromatic carbocycles. The largest absolute Gasteiger partial charge is 0.378 e. The number of rotatable bonds is 5. The molecule has 2 unspecified atom stereocenters. The fourth-order valence-corrected chi connectivity index (χ4v) is 5.05. The maximum Gasteiger partial charge on any atom is 0.166 e. The van der Waals surface area contributed by atoms with Crippen molar-refractivity contribution >= 4 is 5.78 Å². The first kappa shape index (κ1) is 18.5. The van der Waals surface area contributed by atoms with Crippen LogP contribution in [0.1, 0.15) is 47.2 Å². The molecule has 0 N–H and O–H groups in total. The topological polar surface area (TPSA) is 53.3 Å². The number of nitriles is 1. The molecule has 2 atom stereocenters. The van der Waals surface area contributed by atoms with Gasteiger partial charge in [0.25, 0.3) is 0 Å². The van der Waals surface area contributed by atoms with Crippen molar-refractivity contribution in [2.24, 2.45) is 5.92 Å². The molecular formula is C25H26N2O2. The number of hydrogen-bond donors (Lipinski definition) is 0. The Balaban J connectivity index is 1.33. The molecule has 3 fully saturated rings. The second kappa shape index (κ2) is 7.40. The zero-order chi connectivity index (χ0) is 19.8. The number of benzene rings is 2. The number of piperidine rings is 1. The minimum Gasteiger partial charge on any atom is -0.378 e. The van der Waals surface area contributed by atoms with Gasteiger partial charge in [0.2, 0.25) is 0 Å². The van der Waals surface area contributed by atoms with Gasteiger partial charge in [-0.3, -0.25) is 9.69 Å². The first-order valence-electron chi connectivity index (χ1n) is 10.6. The Labute approximate surface area is 172 Å². The van der Waals surface area contributed by atoms with Crippen molar-refractivity contribution in [3.8, 4) is 6.07 Å². The van der Waals surface area contributed by atoms with Crippen molar-refractivity contribution in [1.29, 1.82) is 5.26 Å². The van der Waals surface area contributed by atoms with Crippen molar-refractivity contribution in [3.05, 3.63) is 71.3 Å². The third-order valence-electron chi connectivity index (χ3n) is 6.91. The second-order valence-electron chi connectivity index (χ2n) is 8.81. The quantitative estimate of drug-likeness (QED) is 0.726. The molecule has 0 radical (unpaired) electrons. The van der Waals surface area contributed by atoms with E-state index >= 15 is 0 Å². The van der Waals surface area contributed by atoms with Gasteiger partial charge in [-0.05, 0) is 42.9 Å². The van der Waals surface area contributed by atoms with Gasteiger partial charge in [-0.25, -0.2) is 0 Å². The van der Waals surface area contributed by atoms with Crippen molar-refractivity contribution in [1.82, 2.24) is 4.90 Å². The van der Waals surface area contributed by atoms with Crippen LogP contribution in [-0.2, 0) is 16.7 Å². The molecule has 1 aliphatic carbocycles. The van der Waals surface area contributed by atoms with Crippen LogP contribution in [0.2, 0.25) is 0 Å². The minimum absolute atomic E-state index is 0.0356. The molecule has 148 valence electrons. The summed E-state index contributed by atoms with van der Waals surface area (Å²) in [5, 5.41) is 9.49. The average molecular weight is 386 g/mol. The first-order valence-corrected chi connectivity index (χ1v) is 10.6. The van der Waals surface area contributed by atoms with Crippen molar-refractivity contribution in [3.63, 3.8) is 0 Å². The van der Waals surface area contributed by atoms with Crippen molar-refractivity contribution in [2.75, 3.05) is 13.2 Å². The number of ketones is 1. The number of morpholine rings is 1. The third kappa shape index (κ3) is 3.50. The third-order valence-corrected chi connectivity index (χ3v) is 6.91. The second-order valence-corrected chi connectivity index (χ2v) is 8.81. The van der Waals surface area contributed by atoms with Gasteiger partial charge in [0.1, 0.15) is 0 Å². The van der Waals surface area contributed by atoms with Crippen LogP contribution < -0.4 is 0 Å². The molecular weight excluding hydrogens is 360 g/mol. The number of Topliss-reactive ketones (excluding diaryl/α,β-unsaturated/α-hetero) is 1. The molecule has 5 rings (SSSR count). The average Bonchev–Trinajstić information content (AvgIpc) is 3.55. The highest BCUT2D eigenvalue weighted by Crippen LogP contribution is 2.47. The Hall–Kier alpha value is -2.48. The van der Waals surface area contributed by atoms with Crippen LogP contribution in [0.5, 0.6) is 0 Å². The molecule has 0 amide bonds. The van der Waals surface area contributed by atoms with E-state index in [4.69, 9.17) is 4.74 Å². The molecule has 2 aliphatic heterocycles. The molecule has 2 bridgehead atoms. The van der Waals surface area contributed by atoms with Crippen molar-refractivity contribution in [2.45, 2.75) is 49.7 Å². The number of fused-ring (bicyclic) bond motifs is 2. The Morgan fingerprint density at radius 2 is 1.79 bits per heavy atom. The van der Waals surface area contributed by atoms with E-state index in [0.717, 1.165) is 43.4 Å². The summed E-state index contributed by atoms with van der Waals surface area (Å²) in [7, 11) is 0. The maximum absolute atomic E-state index is 13.3. The lowest BCUT2D eigenvalue weighted by molar-refractivity contribution is -0.0872. The SMILES string of the molecule is N#CC1(c2cccc(C(=O)C3CC4COCC(C3)N4Cc3ccccc3)c2)CC1. The van der Waals surface area contributed by atoms with E-state index < -0.39 is 0 Å². The summed E-state index contributed by atoms with van der Waals surface area (Å²) in [6.45, 7) is 2.32. The summed E-state index contributed by atoms with van der Waals surface area (Å²) in [5.41, 5.74) is 2.74. The van der Waals surface area contributed by atoms with Crippen LogP contribution in [0.15, 0.2) is 54.6 Å². The van der Waals surface area contributed by atoms with Gasteiger partial charge in [0, 0.05) is 30.1 Å². The number of ether oxygens (including phenoxy) is 1. The monoisotopic (exact) mass is 386 g/mol. The number of carbonyl (C=O) groups is 1. The molecule has 2 heterocycles. The normalized spacial score (nSPS) is 27.8. The van der Waals surface area contributed by atoms with Gasteiger partial charge in [-0.15, -0.1) is 0 Å². The zero-order valence-electron chi connectivity index (χ0n) is 16.6. The standard InChI is InChI=1S/C25H26N2O2/c26-17-25(9-10-25)21-8-4-7-19(11-21)24(28)20-12-22-15-29-16-23(13-20)27(22)14-18-5-2-1-3-6-18/h1-8,11,20,22-23H,9-10,12-16H2. The van der Waals surface area contributed by atoms with Crippen LogP contribution in [0, 0.1) is 17.2 Å². The minimum atomic E-state index is -0.348. The Kier molecular flexibility index (Phi) is 4.73. The molecule has 2 saturated heterocycles. The van der Waals surface area contributed by atoms with Gasteiger partial charge in [0.15, 0.2) is 5.78 Å². The lowest BCUT2D eigenvalue weighted by Crippen LogP contribution is -2.57. The van der Waals surface area contributed by atoms with Crippen LogP contribution in [0.4, 0.5) is 0 Å². The Bertz CT molecular complexity index is 931. The molecule has 29 heavy (non-hydrogen) atoms. The van der Waals surface area contributed by atoms with Crippen LogP contribution >= 0.6 is 0 Å². The number of nitrogens with zero attached hydrogens (tertiary/aromatic N) is 2. The van der Waals surface area contributed by atoms with Crippen molar-refractivity contribution < 1.29 is 9.53 Å². The van der Waals surface area contributed by atoms with E-state index in [0.29, 0.717) is 13.2 Å². The first-order chi connectivity index (χ1) is 14.2. The van der Waals surface area contributed by atoms with E-state index in [9.17, 15) is 10.1 Å². The van der Waals surface area contributed by atoms with E-state index in [1.54, 1.807) is 0 Å². The predicted molar refractivity (Wildman–Crippen MR) is 110 cm³/mol. The van der Waals surface area contributed by atoms with E-state index in [1.165, 1.54) is 5.56 Å². The summed E-state index contributed by atoms with van der Waals surface area (Å²) in [4.78, 5) is 15.9. The summed E-state index contributed by atoms with van der Waals surface area (Å²) < 4.78 is 5.84. The fourth-order valence-electron chi connectivity index (χ4n) is 5.05. The molecule has 4 nitrogen and oxygen atoms in total. The smallest absolute Gasteiger partial charge is 0.166 e. The molecule has 4 heteroatoms. The molecule has 1 saturated carbocycles. The van der Waals surface area contributed by atoms with E-state index in [1.807, 2.05) is 30.3 Å². The van der Waals surface area contributed by atoms with Crippen LogP contribution in [0.3, 0.4) is 0 Å². The zero-order valence-corrected chi connectivity index (χ0v) is 16.6. The highest BCUT2D eigenvalue weighted by atomic mass is 16.5. The van der Waals surface area contributed by atoms with Crippen LogP contribution in [-0.4, -0.2) is 36.0 Å². The highest BCUT2D eigenvalue weighted by molar-refractivity contribution is 5.98. The van der Waals surface area contributed by atoms with Gasteiger partial charge >= 0.3 is 0 Å². The molecule has 3 aliphatic rings. The maximum atomic E-state index is 13.3. The van der Waals surface area contributed by atoms with E-state index in [2.05, 4.69) is 35.2 Å². The van der Waals surface area contributed by atoms with Gasteiger partial charge in [-0.2, -0.15) is 5.26 Å². The fraction of sp³-hybridized carbons (Fsp3) is 0.440. The van der Waals surface area contributed by atoms with Gasteiger partial charge in [0.05, 0.1) is 24.7 Å². The summed E-state index contributed by atoms with van der Waals surface area (Å²) in [6.07, 6.45) is 3.49. The lowest BCUT2D eigenvalue weighted by Gasteiger charge is -2.48. The molecule has 2 aromatic rings. The summed E-state index contributed by atoms with van der Waals surface area (Å²) in [6, 6.07) is 21.4. The van der Waals surface area contributed by atoms with Gasteiger partial charge in [-0.1, -0.05) is 48.5 Å². The number of carbonyl (C=O) groups excluding carboxylic acids is 1. The van der Waals surface area contributed by atoms with Crippen LogP contribution in [0.25, 0.3) is 0 Å². The summed E-state index contributed by atoms with van der Waals surface area (Å²) in [5.74, 6) is 0.269. The predicted octanol–water partition coefficient (Wildman–Crippen LogP) is 4.10. The highest BCUT2D eigenvalue weighted by Gasteiger charge is 2.45. The van der Waals surface area contributed by atoms with E-state index in [-0.39, 0.29) is 29.2 Å².